The van der Waals surface area contributed by atoms with Crippen LogP contribution in [0.3, 0.4) is 0 Å². The van der Waals surface area contributed by atoms with Crippen molar-refractivity contribution >= 4 is 32.6 Å². The van der Waals surface area contributed by atoms with E-state index in [1.54, 1.807) is 19.6 Å². The lowest BCUT2D eigenvalue weighted by Gasteiger charge is -2.27. The van der Waals surface area contributed by atoms with E-state index in [4.69, 9.17) is 9.72 Å². The predicted molar refractivity (Wildman–Crippen MR) is 103 cm³/mol. The molecule has 0 aliphatic heterocycles. The quantitative estimate of drug-likeness (QED) is 0.733. The zero-order chi connectivity index (χ0) is 17.9. The van der Waals surface area contributed by atoms with Gasteiger partial charge in [0.05, 0.1) is 35.9 Å². The average molecular weight is 370 g/mol. The normalized spacial score (nSPS) is 15.3. The molecule has 1 saturated carbocycles. The number of nitrogens with zero attached hydrogens (tertiary/aromatic N) is 3. The lowest BCUT2D eigenvalue weighted by molar-refractivity contribution is -0.123. The molecule has 0 spiro atoms. The number of H-pyrrole nitrogens is 1. The molecule has 1 N–H and O–H groups in total. The first-order valence-electron chi connectivity index (χ1n) is 8.98. The van der Waals surface area contributed by atoms with Crippen LogP contribution in [-0.2, 0) is 11.3 Å². The zero-order valence-electron chi connectivity index (χ0n) is 14.8. The van der Waals surface area contributed by atoms with Crippen LogP contribution in [-0.4, -0.2) is 28.0 Å². The number of hydrogen-bond donors (Lipinski definition) is 1. The van der Waals surface area contributed by atoms with Gasteiger partial charge in [0, 0.05) is 12.1 Å². The van der Waals surface area contributed by atoms with Crippen LogP contribution in [0.15, 0.2) is 30.7 Å². The van der Waals surface area contributed by atoms with Crippen LogP contribution < -0.4 is 9.64 Å². The van der Waals surface area contributed by atoms with Gasteiger partial charge in [0.1, 0.15) is 5.75 Å². The number of methoxy groups -OCH3 is 1. The molecule has 6 nitrogen and oxygen atoms in total. The van der Waals surface area contributed by atoms with Gasteiger partial charge in [0.25, 0.3) is 0 Å². The van der Waals surface area contributed by atoms with Crippen LogP contribution in [0, 0.1) is 5.92 Å². The third-order valence-electron chi connectivity index (χ3n) is 4.92. The van der Waals surface area contributed by atoms with Crippen molar-refractivity contribution in [2.45, 2.75) is 38.6 Å². The van der Waals surface area contributed by atoms with Crippen LogP contribution in [0.4, 0.5) is 5.13 Å². The van der Waals surface area contributed by atoms with E-state index in [1.165, 1.54) is 17.8 Å². The minimum Gasteiger partial charge on any atom is -0.497 e. The summed E-state index contributed by atoms with van der Waals surface area (Å²) in [7, 11) is 1.65. The van der Waals surface area contributed by atoms with Crippen molar-refractivity contribution in [3.05, 3.63) is 36.4 Å². The Kier molecular flexibility index (Phi) is 4.88. The van der Waals surface area contributed by atoms with E-state index in [-0.39, 0.29) is 11.8 Å². The molecule has 1 aliphatic rings. The largest absolute Gasteiger partial charge is 0.497 e. The van der Waals surface area contributed by atoms with Gasteiger partial charge in [-0.25, -0.2) is 9.97 Å². The Morgan fingerprint density at radius 1 is 1.35 bits per heavy atom. The molecule has 7 heteroatoms. The molecule has 2 aromatic heterocycles. The number of amides is 1. The topological polar surface area (TPSA) is 71.1 Å². The van der Waals surface area contributed by atoms with Crippen LogP contribution >= 0.6 is 11.3 Å². The monoisotopic (exact) mass is 370 g/mol. The Labute approximate surface area is 156 Å². The SMILES string of the molecule is COc1ccc2nc(N(Cc3cnc[nH]3)C(=O)C3CCCCC3)sc2c1. The molecule has 136 valence electrons. The maximum Gasteiger partial charge on any atom is 0.232 e. The van der Waals surface area contributed by atoms with Gasteiger partial charge < -0.3 is 9.72 Å². The maximum absolute atomic E-state index is 13.3. The highest BCUT2D eigenvalue weighted by Gasteiger charge is 2.29. The van der Waals surface area contributed by atoms with E-state index in [1.807, 2.05) is 23.1 Å². The number of hydrogen-bond acceptors (Lipinski definition) is 5. The van der Waals surface area contributed by atoms with Gasteiger partial charge >= 0.3 is 0 Å². The summed E-state index contributed by atoms with van der Waals surface area (Å²) >= 11 is 1.53. The second kappa shape index (κ2) is 7.45. The van der Waals surface area contributed by atoms with Crippen molar-refractivity contribution in [1.29, 1.82) is 0 Å². The summed E-state index contributed by atoms with van der Waals surface area (Å²) in [5.74, 6) is 1.06. The Hall–Kier alpha value is -2.41. The summed E-state index contributed by atoms with van der Waals surface area (Å²) in [6, 6.07) is 5.80. The minimum absolute atomic E-state index is 0.0909. The van der Waals surface area contributed by atoms with E-state index in [0.29, 0.717) is 6.54 Å². The Morgan fingerprint density at radius 2 is 2.19 bits per heavy atom. The highest BCUT2D eigenvalue weighted by molar-refractivity contribution is 7.22. The van der Waals surface area contributed by atoms with Crippen molar-refractivity contribution in [3.63, 3.8) is 0 Å². The Balaban J connectivity index is 1.68. The number of aromatic nitrogens is 3. The maximum atomic E-state index is 13.3. The predicted octanol–water partition coefficient (Wildman–Crippen LogP) is 4.14. The number of fused-ring (bicyclic) bond motifs is 1. The number of anilines is 1. The standard InChI is InChI=1S/C19H22N4O2S/c1-25-15-7-8-16-17(9-15)26-19(22-16)23(11-14-10-20-12-21-14)18(24)13-5-3-2-4-6-13/h7-10,12-13H,2-6,11H2,1H3,(H,20,21). The molecule has 0 unspecified atom stereocenters. The number of imidazole rings is 1. The summed E-state index contributed by atoms with van der Waals surface area (Å²) in [5, 5.41) is 0.735. The van der Waals surface area contributed by atoms with E-state index in [9.17, 15) is 4.79 Å². The Bertz CT molecular complexity index is 884. The van der Waals surface area contributed by atoms with Gasteiger partial charge in [0.15, 0.2) is 5.13 Å². The molecule has 26 heavy (non-hydrogen) atoms. The highest BCUT2D eigenvalue weighted by atomic mass is 32.1. The van der Waals surface area contributed by atoms with Crippen LogP contribution in [0.5, 0.6) is 5.75 Å². The van der Waals surface area contributed by atoms with Gasteiger partial charge in [-0.05, 0) is 31.0 Å². The number of benzene rings is 1. The van der Waals surface area contributed by atoms with Crippen LogP contribution in [0.1, 0.15) is 37.8 Å². The fourth-order valence-corrected chi connectivity index (χ4v) is 4.49. The molecule has 0 atom stereocenters. The molecule has 4 rings (SSSR count). The molecule has 1 fully saturated rings. The number of nitrogens with one attached hydrogen (secondary N) is 1. The van der Waals surface area contributed by atoms with Crippen molar-refractivity contribution in [2.24, 2.45) is 5.92 Å². The van der Waals surface area contributed by atoms with Gasteiger partial charge in [-0.1, -0.05) is 30.6 Å². The number of ether oxygens (including phenoxy) is 1. The second-order valence-electron chi connectivity index (χ2n) is 6.67. The molecule has 0 saturated heterocycles. The van der Waals surface area contributed by atoms with E-state index >= 15 is 0 Å². The van der Waals surface area contributed by atoms with Crippen LogP contribution in [0.2, 0.25) is 0 Å². The fourth-order valence-electron chi connectivity index (χ4n) is 3.49. The first kappa shape index (κ1) is 17.0. The summed E-state index contributed by atoms with van der Waals surface area (Å²) in [6.45, 7) is 0.465. The summed E-state index contributed by atoms with van der Waals surface area (Å²) in [4.78, 5) is 27.0. The number of aromatic amines is 1. The van der Waals surface area contributed by atoms with E-state index in [2.05, 4.69) is 9.97 Å². The van der Waals surface area contributed by atoms with Crippen molar-refractivity contribution in [2.75, 3.05) is 12.0 Å². The summed E-state index contributed by atoms with van der Waals surface area (Å²) in [6.07, 6.45) is 8.83. The Morgan fingerprint density at radius 3 is 2.92 bits per heavy atom. The summed E-state index contributed by atoms with van der Waals surface area (Å²) in [5.41, 5.74) is 1.79. The third kappa shape index (κ3) is 3.44. The molecule has 0 bridgehead atoms. The van der Waals surface area contributed by atoms with Gasteiger partial charge in [-0.2, -0.15) is 0 Å². The fraction of sp³-hybridized carbons (Fsp3) is 0.421. The first-order valence-corrected chi connectivity index (χ1v) is 9.79. The van der Waals surface area contributed by atoms with Crippen molar-refractivity contribution in [1.82, 2.24) is 15.0 Å². The minimum atomic E-state index is 0.0909. The molecule has 1 aromatic carbocycles. The molecular formula is C19H22N4O2S. The van der Waals surface area contributed by atoms with Gasteiger partial charge in [-0.3, -0.25) is 9.69 Å². The third-order valence-corrected chi connectivity index (χ3v) is 5.96. The second-order valence-corrected chi connectivity index (χ2v) is 7.68. The highest BCUT2D eigenvalue weighted by Crippen LogP contribution is 2.34. The number of thiazole rings is 1. The van der Waals surface area contributed by atoms with Crippen LogP contribution in [0.25, 0.3) is 10.2 Å². The smallest absolute Gasteiger partial charge is 0.232 e. The molecule has 2 heterocycles. The lowest BCUT2D eigenvalue weighted by atomic mass is 9.88. The van der Waals surface area contributed by atoms with Gasteiger partial charge in [-0.15, -0.1) is 0 Å². The lowest BCUT2D eigenvalue weighted by Crippen LogP contribution is -2.36. The first-order chi connectivity index (χ1) is 12.7. The molecule has 1 amide bonds. The molecular weight excluding hydrogens is 348 g/mol. The number of rotatable bonds is 5. The zero-order valence-corrected chi connectivity index (χ0v) is 15.6. The number of carbonyl (C=O) groups is 1. The molecule has 1 aliphatic carbocycles. The molecule has 0 radical (unpaired) electrons. The van der Waals surface area contributed by atoms with Gasteiger partial charge in [0.2, 0.25) is 5.91 Å². The van der Waals surface area contributed by atoms with Crippen molar-refractivity contribution < 1.29 is 9.53 Å². The summed E-state index contributed by atoms with van der Waals surface area (Å²) < 4.78 is 6.32. The van der Waals surface area contributed by atoms with E-state index < -0.39 is 0 Å². The average Bonchev–Trinajstić information content (AvgIpc) is 3.34. The number of carbonyl (C=O) groups excluding carboxylic acids is 1. The van der Waals surface area contributed by atoms with Crippen molar-refractivity contribution in [3.8, 4) is 5.75 Å². The molecule has 3 aromatic rings. The van der Waals surface area contributed by atoms with E-state index in [0.717, 1.165) is 52.5 Å².